The molecule has 11 heteroatoms. The molecule has 6 nitrogen and oxygen atoms in total. The van der Waals surface area contributed by atoms with Crippen molar-refractivity contribution in [3.8, 4) is 11.3 Å². The Morgan fingerprint density at radius 1 is 0.844 bits per heavy atom. The maximum Gasteiger partial charge on any atom is 0.416 e. The quantitative estimate of drug-likeness (QED) is 0.547. The number of anilines is 1. The molecule has 0 spiro atoms. The fourth-order valence-corrected chi connectivity index (χ4v) is 4.84. The zero-order chi connectivity index (χ0) is 22.9. The van der Waals surface area contributed by atoms with Crippen LogP contribution in [0.3, 0.4) is 0 Å². The molecule has 1 fully saturated rings. The number of aromatic nitrogens is 2. The zero-order valence-corrected chi connectivity index (χ0v) is 17.4. The second-order valence-corrected chi connectivity index (χ2v) is 9.12. The predicted molar refractivity (Wildman–Crippen MR) is 110 cm³/mol. The van der Waals surface area contributed by atoms with Crippen molar-refractivity contribution < 1.29 is 26.0 Å². The van der Waals surface area contributed by atoms with Gasteiger partial charge >= 0.3 is 6.18 Å². The zero-order valence-electron chi connectivity index (χ0n) is 16.6. The van der Waals surface area contributed by atoms with Crippen LogP contribution in [0.1, 0.15) is 5.56 Å². The van der Waals surface area contributed by atoms with E-state index < -0.39 is 21.8 Å². The highest BCUT2D eigenvalue weighted by Gasteiger charge is 2.32. The van der Waals surface area contributed by atoms with Gasteiger partial charge in [0, 0.05) is 37.8 Å². The van der Waals surface area contributed by atoms with Crippen LogP contribution >= 0.6 is 0 Å². The lowest BCUT2D eigenvalue weighted by molar-refractivity contribution is -0.137. The van der Waals surface area contributed by atoms with E-state index in [1.807, 2.05) is 4.90 Å². The maximum atomic E-state index is 13.2. The van der Waals surface area contributed by atoms with Gasteiger partial charge in [-0.25, -0.2) is 22.8 Å². The van der Waals surface area contributed by atoms with Crippen LogP contribution in [0.15, 0.2) is 65.8 Å². The van der Waals surface area contributed by atoms with E-state index in [4.69, 9.17) is 0 Å². The fraction of sp³-hybridized carbons (Fsp3) is 0.238. The third-order valence-corrected chi connectivity index (χ3v) is 7.09. The van der Waals surface area contributed by atoms with Gasteiger partial charge in [0.2, 0.25) is 10.0 Å². The number of nitrogens with zero attached hydrogens (tertiary/aromatic N) is 4. The molecule has 2 aromatic carbocycles. The first-order chi connectivity index (χ1) is 15.1. The number of piperazine rings is 1. The monoisotopic (exact) mass is 466 g/mol. The summed E-state index contributed by atoms with van der Waals surface area (Å²) in [5, 5.41) is 0. The van der Waals surface area contributed by atoms with Gasteiger partial charge in [-0.3, -0.25) is 0 Å². The van der Waals surface area contributed by atoms with Crippen molar-refractivity contribution in [1.29, 1.82) is 0 Å². The van der Waals surface area contributed by atoms with Crippen LogP contribution in [0.2, 0.25) is 0 Å². The Morgan fingerprint density at radius 2 is 1.47 bits per heavy atom. The fourth-order valence-electron chi connectivity index (χ4n) is 3.42. The van der Waals surface area contributed by atoms with E-state index in [0.29, 0.717) is 24.6 Å². The average Bonchev–Trinajstić information content (AvgIpc) is 2.79. The van der Waals surface area contributed by atoms with Gasteiger partial charge in [-0.1, -0.05) is 0 Å². The van der Waals surface area contributed by atoms with E-state index in [-0.39, 0.29) is 23.8 Å². The first-order valence-corrected chi connectivity index (χ1v) is 11.1. The summed E-state index contributed by atoms with van der Waals surface area (Å²) in [6.45, 7) is 0.998. The molecular formula is C21H18F4N4O2S. The summed E-state index contributed by atoms with van der Waals surface area (Å²) in [7, 11) is -3.91. The van der Waals surface area contributed by atoms with E-state index >= 15 is 0 Å². The summed E-state index contributed by atoms with van der Waals surface area (Å²) in [6, 6.07) is 11.1. The Hall–Kier alpha value is -3.05. The minimum absolute atomic E-state index is 0.152. The lowest BCUT2D eigenvalue weighted by atomic mass is 10.1. The standard InChI is InChI=1S/C21H18F4N4O2S/c22-17-5-1-15(2-6-17)19-13-20(27-14-26-19)28-9-11-29(12-10-28)32(30,31)18-7-3-16(4-8-18)21(23,24)25/h1-8,13-14H,9-12H2. The number of hydrogen-bond acceptors (Lipinski definition) is 5. The van der Waals surface area contributed by atoms with Gasteiger partial charge in [-0.15, -0.1) is 0 Å². The van der Waals surface area contributed by atoms with Crippen molar-refractivity contribution in [3.63, 3.8) is 0 Å². The number of halogens is 4. The Balaban J connectivity index is 1.46. The van der Waals surface area contributed by atoms with Gasteiger partial charge in [0.15, 0.2) is 0 Å². The van der Waals surface area contributed by atoms with Crippen LogP contribution in [0.4, 0.5) is 23.4 Å². The summed E-state index contributed by atoms with van der Waals surface area (Å²) in [5.41, 5.74) is 0.426. The van der Waals surface area contributed by atoms with Gasteiger partial charge in [0.25, 0.3) is 0 Å². The van der Waals surface area contributed by atoms with Crippen molar-refractivity contribution in [3.05, 3.63) is 72.3 Å². The Kier molecular flexibility index (Phi) is 5.87. The molecule has 1 aliphatic heterocycles. The molecule has 1 aromatic heterocycles. The van der Waals surface area contributed by atoms with E-state index in [0.717, 1.165) is 29.8 Å². The van der Waals surface area contributed by atoms with E-state index in [1.165, 1.54) is 22.8 Å². The molecule has 1 saturated heterocycles. The molecule has 0 unspecified atom stereocenters. The summed E-state index contributed by atoms with van der Waals surface area (Å²) < 4.78 is 78.3. The van der Waals surface area contributed by atoms with Crippen LogP contribution < -0.4 is 4.90 Å². The van der Waals surface area contributed by atoms with Crippen LogP contribution in [-0.2, 0) is 16.2 Å². The predicted octanol–water partition coefficient (Wildman–Crippen LogP) is 3.81. The largest absolute Gasteiger partial charge is 0.416 e. The molecule has 0 radical (unpaired) electrons. The van der Waals surface area contributed by atoms with Gasteiger partial charge in [-0.2, -0.15) is 17.5 Å². The van der Waals surface area contributed by atoms with Crippen LogP contribution in [0.5, 0.6) is 0 Å². The van der Waals surface area contributed by atoms with E-state index in [9.17, 15) is 26.0 Å². The molecule has 0 bridgehead atoms. The number of sulfonamides is 1. The second-order valence-electron chi connectivity index (χ2n) is 7.18. The van der Waals surface area contributed by atoms with Crippen molar-refractivity contribution in [2.24, 2.45) is 0 Å². The van der Waals surface area contributed by atoms with Crippen LogP contribution in [-0.4, -0.2) is 48.9 Å². The van der Waals surface area contributed by atoms with Crippen LogP contribution in [0.25, 0.3) is 11.3 Å². The molecule has 1 aliphatic rings. The molecule has 4 rings (SSSR count). The minimum Gasteiger partial charge on any atom is -0.354 e. The molecule has 0 saturated carbocycles. The third kappa shape index (κ3) is 4.58. The molecule has 0 atom stereocenters. The van der Waals surface area contributed by atoms with E-state index in [1.54, 1.807) is 18.2 Å². The Morgan fingerprint density at radius 3 is 2.06 bits per heavy atom. The highest BCUT2D eigenvalue weighted by atomic mass is 32.2. The first kappa shape index (κ1) is 22.2. The normalized spacial score (nSPS) is 15.7. The highest BCUT2D eigenvalue weighted by molar-refractivity contribution is 7.89. The third-order valence-electron chi connectivity index (χ3n) is 5.17. The smallest absolute Gasteiger partial charge is 0.354 e. The van der Waals surface area contributed by atoms with Crippen LogP contribution in [0, 0.1) is 5.82 Å². The lowest BCUT2D eigenvalue weighted by Gasteiger charge is -2.34. The Bertz CT molecular complexity index is 1190. The second kappa shape index (κ2) is 8.47. The van der Waals surface area contributed by atoms with Crippen molar-refractivity contribution in [1.82, 2.24) is 14.3 Å². The van der Waals surface area contributed by atoms with Gasteiger partial charge < -0.3 is 4.90 Å². The summed E-state index contributed by atoms with van der Waals surface area (Å²) in [6.07, 6.45) is -3.14. The highest BCUT2D eigenvalue weighted by Crippen LogP contribution is 2.30. The van der Waals surface area contributed by atoms with E-state index in [2.05, 4.69) is 9.97 Å². The Labute approximate surface area is 182 Å². The number of benzene rings is 2. The first-order valence-electron chi connectivity index (χ1n) is 9.65. The molecule has 32 heavy (non-hydrogen) atoms. The number of hydrogen-bond donors (Lipinski definition) is 0. The average molecular weight is 466 g/mol. The molecule has 0 amide bonds. The summed E-state index contributed by atoms with van der Waals surface area (Å²) >= 11 is 0. The lowest BCUT2D eigenvalue weighted by Crippen LogP contribution is -2.48. The summed E-state index contributed by atoms with van der Waals surface area (Å²) in [5.74, 6) is 0.249. The SMILES string of the molecule is O=S(=O)(c1ccc(C(F)(F)F)cc1)N1CCN(c2cc(-c3ccc(F)cc3)ncn2)CC1. The molecule has 0 aliphatic carbocycles. The topological polar surface area (TPSA) is 66.4 Å². The van der Waals surface area contributed by atoms with Crippen molar-refractivity contribution in [2.75, 3.05) is 31.1 Å². The molecular weight excluding hydrogens is 448 g/mol. The summed E-state index contributed by atoms with van der Waals surface area (Å²) in [4.78, 5) is 10.2. The molecule has 168 valence electrons. The number of alkyl halides is 3. The van der Waals surface area contributed by atoms with Gasteiger partial charge in [-0.05, 0) is 48.5 Å². The molecule has 3 aromatic rings. The van der Waals surface area contributed by atoms with Crippen molar-refractivity contribution in [2.45, 2.75) is 11.1 Å². The van der Waals surface area contributed by atoms with Gasteiger partial charge in [0.05, 0.1) is 16.2 Å². The molecule has 2 heterocycles. The number of rotatable bonds is 4. The molecule has 0 N–H and O–H groups in total. The van der Waals surface area contributed by atoms with Gasteiger partial charge in [0.1, 0.15) is 18.0 Å². The minimum atomic E-state index is -4.53. The maximum absolute atomic E-state index is 13.2. The van der Waals surface area contributed by atoms with Crippen molar-refractivity contribution >= 4 is 15.8 Å².